The molecule has 2 aromatic rings. The van der Waals surface area contributed by atoms with Gasteiger partial charge < -0.3 is 9.64 Å². The zero-order chi connectivity index (χ0) is 14.5. The van der Waals surface area contributed by atoms with Gasteiger partial charge in [0.05, 0.1) is 12.5 Å². The number of hydrogen-bond acceptors (Lipinski definition) is 2. The van der Waals surface area contributed by atoms with Gasteiger partial charge in [0, 0.05) is 6.54 Å². The maximum Gasteiger partial charge on any atom is 0.118 e. The second-order valence-electron chi connectivity index (χ2n) is 5.08. The molecule has 0 heterocycles. The summed E-state index contributed by atoms with van der Waals surface area (Å²) >= 11 is 6.38. The average molecular weight is 290 g/mol. The Labute approximate surface area is 125 Å². The van der Waals surface area contributed by atoms with Crippen LogP contribution in [0, 0.1) is 0 Å². The third kappa shape index (κ3) is 3.75. The van der Waals surface area contributed by atoms with E-state index in [2.05, 4.69) is 41.3 Å². The van der Waals surface area contributed by atoms with Crippen molar-refractivity contribution in [3.05, 3.63) is 54.1 Å². The molecule has 2 aromatic carbocycles. The van der Waals surface area contributed by atoms with Crippen molar-refractivity contribution in [3.8, 4) is 16.9 Å². The number of likely N-dealkylation sites (N-methyl/N-ethyl adjacent to an activating group) is 1. The van der Waals surface area contributed by atoms with Crippen LogP contribution in [0.2, 0.25) is 0 Å². The zero-order valence-electron chi connectivity index (χ0n) is 12.1. The highest BCUT2D eigenvalue weighted by molar-refractivity contribution is 6.21. The van der Waals surface area contributed by atoms with Crippen LogP contribution in [0.25, 0.3) is 11.1 Å². The Balaban J connectivity index is 2.14. The van der Waals surface area contributed by atoms with Crippen LogP contribution in [-0.4, -0.2) is 32.6 Å². The molecule has 0 N–H and O–H groups in total. The Morgan fingerprint density at radius 1 is 0.950 bits per heavy atom. The summed E-state index contributed by atoms with van der Waals surface area (Å²) in [6.07, 6.45) is 0. The minimum atomic E-state index is 0.0231. The topological polar surface area (TPSA) is 12.5 Å². The molecule has 0 aliphatic heterocycles. The van der Waals surface area contributed by atoms with Gasteiger partial charge in [-0.1, -0.05) is 36.4 Å². The summed E-state index contributed by atoms with van der Waals surface area (Å²) < 4.78 is 5.17. The van der Waals surface area contributed by atoms with Crippen molar-refractivity contribution in [2.24, 2.45) is 0 Å². The fourth-order valence-electron chi connectivity index (χ4n) is 2.09. The standard InChI is InChI=1S/C17H20ClNO/c1-19(2)12-17(18)15-6-4-13(5-7-15)14-8-10-16(20-3)11-9-14/h4-11,17H,12H2,1-3H3. The molecule has 0 spiro atoms. The van der Waals surface area contributed by atoms with Gasteiger partial charge in [0.2, 0.25) is 0 Å². The molecule has 0 bridgehead atoms. The van der Waals surface area contributed by atoms with Crippen LogP contribution in [0.1, 0.15) is 10.9 Å². The van der Waals surface area contributed by atoms with Gasteiger partial charge in [0.25, 0.3) is 0 Å². The molecule has 0 saturated carbocycles. The van der Waals surface area contributed by atoms with Crippen LogP contribution in [0.15, 0.2) is 48.5 Å². The molecule has 0 radical (unpaired) electrons. The number of rotatable bonds is 5. The second kappa shape index (κ2) is 6.78. The van der Waals surface area contributed by atoms with Gasteiger partial charge in [0.15, 0.2) is 0 Å². The molecule has 0 saturated heterocycles. The Morgan fingerprint density at radius 3 is 1.90 bits per heavy atom. The van der Waals surface area contributed by atoms with E-state index in [9.17, 15) is 0 Å². The molecule has 0 aliphatic carbocycles. The first-order valence-electron chi connectivity index (χ1n) is 6.63. The Bertz CT molecular complexity index is 534. The van der Waals surface area contributed by atoms with E-state index in [1.165, 1.54) is 11.1 Å². The first-order valence-corrected chi connectivity index (χ1v) is 7.07. The lowest BCUT2D eigenvalue weighted by molar-refractivity contribution is 0.408. The molecule has 0 fully saturated rings. The highest BCUT2D eigenvalue weighted by Gasteiger charge is 2.09. The highest BCUT2D eigenvalue weighted by atomic mass is 35.5. The molecule has 0 aliphatic rings. The second-order valence-corrected chi connectivity index (χ2v) is 5.61. The van der Waals surface area contributed by atoms with Crippen LogP contribution in [0.5, 0.6) is 5.75 Å². The molecule has 2 nitrogen and oxygen atoms in total. The van der Waals surface area contributed by atoms with E-state index in [0.717, 1.165) is 17.9 Å². The molecular weight excluding hydrogens is 270 g/mol. The molecule has 2 rings (SSSR count). The smallest absolute Gasteiger partial charge is 0.118 e. The predicted molar refractivity (Wildman–Crippen MR) is 85.6 cm³/mol. The number of ether oxygens (including phenoxy) is 1. The quantitative estimate of drug-likeness (QED) is 0.765. The van der Waals surface area contributed by atoms with Gasteiger partial charge >= 0.3 is 0 Å². The van der Waals surface area contributed by atoms with Gasteiger partial charge in [-0.3, -0.25) is 0 Å². The SMILES string of the molecule is COc1ccc(-c2ccc(C(Cl)CN(C)C)cc2)cc1. The van der Waals surface area contributed by atoms with E-state index >= 15 is 0 Å². The minimum Gasteiger partial charge on any atom is -0.497 e. The van der Waals surface area contributed by atoms with Crippen molar-refractivity contribution in [1.82, 2.24) is 4.90 Å². The third-order valence-electron chi connectivity index (χ3n) is 3.22. The number of halogens is 1. The first-order chi connectivity index (χ1) is 9.60. The fraction of sp³-hybridized carbons (Fsp3) is 0.294. The van der Waals surface area contributed by atoms with E-state index in [1.807, 2.05) is 26.2 Å². The van der Waals surface area contributed by atoms with Crippen LogP contribution in [-0.2, 0) is 0 Å². The number of alkyl halides is 1. The molecule has 1 atom stereocenters. The van der Waals surface area contributed by atoms with Crippen LogP contribution < -0.4 is 4.74 Å². The number of nitrogens with zero attached hydrogens (tertiary/aromatic N) is 1. The molecule has 0 aromatic heterocycles. The summed E-state index contributed by atoms with van der Waals surface area (Å²) in [5.41, 5.74) is 3.51. The van der Waals surface area contributed by atoms with Gasteiger partial charge in [-0.05, 0) is 42.9 Å². The molecule has 3 heteroatoms. The Kier molecular flexibility index (Phi) is 5.05. The summed E-state index contributed by atoms with van der Waals surface area (Å²) in [7, 11) is 5.73. The van der Waals surface area contributed by atoms with Gasteiger partial charge in [-0.15, -0.1) is 11.6 Å². The van der Waals surface area contributed by atoms with Crippen LogP contribution in [0.4, 0.5) is 0 Å². The van der Waals surface area contributed by atoms with Crippen molar-refractivity contribution >= 4 is 11.6 Å². The van der Waals surface area contributed by atoms with Crippen molar-refractivity contribution in [2.75, 3.05) is 27.7 Å². The van der Waals surface area contributed by atoms with Gasteiger partial charge in [-0.25, -0.2) is 0 Å². The summed E-state index contributed by atoms with van der Waals surface area (Å²) in [5, 5.41) is 0.0231. The highest BCUT2D eigenvalue weighted by Crippen LogP contribution is 2.26. The van der Waals surface area contributed by atoms with Crippen molar-refractivity contribution in [3.63, 3.8) is 0 Å². The van der Waals surface area contributed by atoms with Crippen molar-refractivity contribution in [1.29, 1.82) is 0 Å². The van der Waals surface area contributed by atoms with E-state index in [4.69, 9.17) is 16.3 Å². The Morgan fingerprint density at radius 2 is 1.45 bits per heavy atom. The summed E-state index contributed by atoms with van der Waals surface area (Å²) in [6, 6.07) is 16.5. The molecule has 0 amide bonds. The van der Waals surface area contributed by atoms with Crippen molar-refractivity contribution < 1.29 is 4.74 Å². The summed E-state index contributed by atoms with van der Waals surface area (Å²) in [5.74, 6) is 0.872. The van der Waals surface area contributed by atoms with Gasteiger partial charge in [0.1, 0.15) is 5.75 Å². The fourth-order valence-corrected chi connectivity index (χ4v) is 2.52. The zero-order valence-corrected chi connectivity index (χ0v) is 12.9. The third-order valence-corrected chi connectivity index (χ3v) is 3.61. The largest absolute Gasteiger partial charge is 0.497 e. The van der Waals surface area contributed by atoms with Gasteiger partial charge in [-0.2, -0.15) is 0 Å². The summed E-state index contributed by atoms with van der Waals surface area (Å²) in [4.78, 5) is 2.09. The number of methoxy groups -OCH3 is 1. The average Bonchev–Trinajstić information content (AvgIpc) is 2.47. The molecule has 20 heavy (non-hydrogen) atoms. The number of hydrogen-bond donors (Lipinski definition) is 0. The van der Waals surface area contributed by atoms with Crippen molar-refractivity contribution in [2.45, 2.75) is 5.38 Å². The Hall–Kier alpha value is -1.51. The monoisotopic (exact) mass is 289 g/mol. The summed E-state index contributed by atoms with van der Waals surface area (Å²) in [6.45, 7) is 0.837. The predicted octanol–water partition coefficient (Wildman–Crippen LogP) is 4.20. The normalized spacial score (nSPS) is 12.4. The van der Waals surface area contributed by atoms with Crippen LogP contribution in [0.3, 0.4) is 0 Å². The van der Waals surface area contributed by atoms with Crippen LogP contribution >= 0.6 is 11.6 Å². The molecular formula is C17H20ClNO. The van der Waals surface area contributed by atoms with E-state index in [-0.39, 0.29) is 5.38 Å². The molecule has 106 valence electrons. The minimum absolute atomic E-state index is 0.0231. The lowest BCUT2D eigenvalue weighted by Crippen LogP contribution is -2.17. The lowest BCUT2D eigenvalue weighted by atomic mass is 10.0. The maximum atomic E-state index is 6.38. The van der Waals surface area contributed by atoms with E-state index in [0.29, 0.717) is 0 Å². The lowest BCUT2D eigenvalue weighted by Gasteiger charge is -2.15. The number of benzene rings is 2. The van der Waals surface area contributed by atoms with E-state index < -0.39 is 0 Å². The maximum absolute atomic E-state index is 6.38. The van der Waals surface area contributed by atoms with E-state index in [1.54, 1.807) is 7.11 Å². The first kappa shape index (κ1) is 14.9. The molecule has 1 unspecified atom stereocenters.